The van der Waals surface area contributed by atoms with E-state index < -0.39 is 17.1 Å². The van der Waals surface area contributed by atoms with Gasteiger partial charge in [0, 0.05) is 17.7 Å². The molecule has 0 aliphatic rings. The lowest BCUT2D eigenvalue weighted by Gasteiger charge is -1.98. The van der Waals surface area contributed by atoms with E-state index in [1.807, 2.05) is 0 Å². The zero-order valence-electron chi connectivity index (χ0n) is 5.68. The van der Waals surface area contributed by atoms with Crippen molar-refractivity contribution in [1.29, 1.82) is 0 Å². The van der Waals surface area contributed by atoms with Gasteiger partial charge in [-0.05, 0) is 12.1 Å². The van der Waals surface area contributed by atoms with Crippen LogP contribution < -0.4 is 4.74 Å². The predicted octanol–water partition coefficient (Wildman–Crippen LogP) is 2.70. The molecule has 0 aliphatic carbocycles. The summed E-state index contributed by atoms with van der Waals surface area (Å²) in [6.45, 7) is 0. The van der Waals surface area contributed by atoms with Crippen molar-refractivity contribution < 1.29 is 18.3 Å². The van der Waals surface area contributed by atoms with Crippen LogP contribution in [0.25, 0.3) is 0 Å². The van der Waals surface area contributed by atoms with Gasteiger partial charge in [0.15, 0.2) is 11.6 Å². The van der Waals surface area contributed by atoms with Gasteiger partial charge in [-0.3, -0.25) is 0 Å². The van der Waals surface area contributed by atoms with Gasteiger partial charge in [-0.25, -0.2) is 13.6 Å². The quantitative estimate of drug-likeness (QED) is 0.640. The minimum atomic E-state index is -1.10. The number of hydrogen-bond acceptors (Lipinski definition) is 2. The molecule has 1 rings (SSSR count). The van der Waals surface area contributed by atoms with Gasteiger partial charge in [0.25, 0.3) is 0 Å². The van der Waals surface area contributed by atoms with Crippen LogP contribution >= 0.6 is 11.6 Å². The Kier molecular flexibility index (Phi) is 2.60. The van der Waals surface area contributed by atoms with Gasteiger partial charge in [0.05, 0.1) is 0 Å². The standard InChI is InChI=1S/C7H3ClF2O2/c8-7(11)12-4-1-2-5(9)6(10)3-4/h1-3H. The molecule has 5 heteroatoms. The zero-order valence-corrected chi connectivity index (χ0v) is 6.44. The van der Waals surface area contributed by atoms with E-state index in [0.29, 0.717) is 0 Å². The molecule has 0 atom stereocenters. The summed E-state index contributed by atoms with van der Waals surface area (Å²) in [5.41, 5.74) is -1.10. The fraction of sp³-hybridized carbons (Fsp3) is 0. The summed E-state index contributed by atoms with van der Waals surface area (Å²) in [4.78, 5) is 10.1. The Labute approximate surface area is 71.7 Å². The Morgan fingerprint density at radius 1 is 1.33 bits per heavy atom. The van der Waals surface area contributed by atoms with Crippen LogP contribution in [0, 0.1) is 11.6 Å². The van der Waals surface area contributed by atoms with Gasteiger partial charge in [0.2, 0.25) is 0 Å². The molecule has 0 aromatic heterocycles. The molecule has 64 valence electrons. The Balaban J connectivity index is 2.89. The summed E-state index contributed by atoms with van der Waals surface area (Å²) in [6.07, 6.45) is 0. The van der Waals surface area contributed by atoms with E-state index in [2.05, 4.69) is 4.74 Å². The second-order valence-corrected chi connectivity index (χ2v) is 2.22. The molecule has 0 N–H and O–H groups in total. The van der Waals surface area contributed by atoms with Crippen LogP contribution in [0.4, 0.5) is 13.6 Å². The first-order valence-corrected chi connectivity index (χ1v) is 3.30. The molecule has 1 aromatic carbocycles. The van der Waals surface area contributed by atoms with Crippen molar-refractivity contribution in [2.75, 3.05) is 0 Å². The van der Waals surface area contributed by atoms with Crippen LogP contribution in [0.2, 0.25) is 0 Å². The molecule has 0 bridgehead atoms. The first-order chi connectivity index (χ1) is 5.59. The average Bonchev–Trinajstić information content (AvgIpc) is 1.96. The summed E-state index contributed by atoms with van der Waals surface area (Å²) in [7, 11) is 0. The first-order valence-electron chi connectivity index (χ1n) is 2.92. The van der Waals surface area contributed by atoms with Gasteiger partial charge in [-0.15, -0.1) is 0 Å². The topological polar surface area (TPSA) is 26.3 Å². The van der Waals surface area contributed by atoms with E-state index in [9.17, 15) is 13.6 Å². The highest BCUT2D eigenvalue weighted by Crippen LogP contribution is 2.15. The number of ether oxygens (including phenoxy) is 1. The lowest BCUT2D eigenvalue weighted by Crippen LogP contribution is -1.96. The number of hydrogen-bond donors (Lipinski definition) is 0. The maximum atomic E-state index is 12.4. The molecule has 0 heterocycles. The molecule has 0 amide bonds. The SMILES string of the molecule is O=C(Cl)Oc1ccc(F)c(F)c1. The zero-order chi connectivity index (χ0) is 9.14. The summed E-state index contributed by atoms with van der Waals surface area (Å²) < 4.78 is 29.0. The fourth-order valence-corrected chi connectivity index (χ4v) is 0.722. The van der Waals surface area contributed by atoms with Crippen LogP contribution in [0.1, 0.15) is 0 Å². The van der Waals surface area contributed by atoms with Gasteiger partial charge in [-0.2, -0.15) is 0 Å². The summed E-state index contributed by atoms with van der Waals surface area (Å²) in [6, 6.07) is 2.67. The monoisotopic (exact) mass is 192 g/mol. The lowest BCUT2D eigenvalue weighted by molar-refractivity contribution is 0.225. The smallest absolute Gasteiger partial charge is 0.409 e. The molecule has 0 radical (unpaired) electrons. The Hall–Kier alpha value is -1.16. The highest BCUT2D eigenvalue weighted by atomic mass is 35.5. The van der Waals surface area contributed by atoms with E-state index in [-0.39, 0.29) is 5.75 Å². The molecule has 0 saturated heterocycles. The molecule has 0 fully saturated rings. The van der Waals surface area contributed by atoms with Crippen LogP contribution in [-0.2, 0) is 0 Å². The van der Waals surface area contributed by atoms with Crippen molar-refractivity contribution in [3.63, 3.8) is 0 Å². The molecule has 0 saturated carbocycles. The van der Waals surface area contributed by atoms with Gasteiger partial charge >= 0.3 is 5.43 Å². The van der Waals surface area contributed by atoms with Gasteiger partial charge in [-0.1, -0.05) is 0 Å². The first kappa shape index (κ1) is 8.93. The molecule has 1 aromatic rings. The maximum absolute atomic E-state index is 12.4. The third-order valence-corrected chi connectivity index (χ3v) is 1.17. The molecular weight excluding hydrogens is 190 g/mol. The highest BCUT2D eigenvalue weighted by molar-refractivity contribution is 6.61. The summed E-state index contributed by atoms with van der Waals surface area (Å²) in [5.74, 6) is -2.23. The van der Waals surface area contributed by atoms with Crippen molar-refractivity contribution in [1.82, 2.24) is 0 Å². The van der Waals surface area contributed by atoms with Crippen LogP contribution in [0.5, 0.6) is 5.75 Å². The minimum Gasteiger partial charge on any atom is -0.414 e. The van der Waals surface area contributed by atoms with E-state index in [1.165, 1.54) is 0 Å². The number of rotatable bonds is 1. The number of carbonyl (C=O) groups excluding carboxylic acids is 1. The third-order valence-electron chi connectivity index (χ3n) is 1.09. The summed E-state index contributed by atoms with van der Waals surface area (Å²) >= 11 is 4.83. The Bertz CT molecular complexity index is 314. The van der Waals surface area contributed by atoms with Crippen LogP contribution in [0.15, 0.2) is 18.2 Å². The van der Waals surface area contributed by atoms with Crippen molar-refractivity contribution in [2.45, 2.75) is 0 Å². The average molecular weight is 193 g/mol. The maximum Gasteiger partial charge on any atom is 0.409 e. The molecule has 2 nitrogen and oxygen atoms in total. The molecule has 0 aliphatic heterocycles. The van der Waals surface area contributed by atoms with E-state index in [4.69, 9.17) is 11.6 Å². The molecule has 0 unspecified atom stereocenters. The number of halogens is 3. The van der Waals surface area contributed by atoms with Crippen molar-refractivity contribution >= 4 is 17.0 Å². The Morgan fingerprint density at radius 2 is 2.00 bits per heavy atom. The number of benzene rings is 1. The highest BCUT2D eigenvalue weighted by Gasteiger charge is 2.05. The van der Waals surface area contributed by atoms with Crippen molar-refractivity contribution in [2.24, 2.45) is 0 Å². The minimum absolute atomic E-state index is 0.131. The van der Waals surface area contributed by atoms with Crippen molar-refractivity contribution in [3.8, 4) is 5.75 Å². The molecule has 12 heavy (non-hydrogen) atoms. The normalized spacial score (nSPS) is 9.58. The van der Waals surface area contributed by atoms with Crippen LogP contribution in [0.3, 0.4) is 0 Å². The largest absolute Gasteiger partial charge is 0.414 e. The second kappa shape index (κ2) is 3.49. The van der Waals surface area contributed by atoms with Crippen molar-refractivity contribution in [3.05, 3.63) is 29.8 Å². The fourth-order valence-electron chi connectivity index (χ4n) is 0.633. The second-order valence-electron chi connectivity index (χ2n) is 1.92. The predicted molar refractivity (Wildman–Crippen MR) is 38.2 cm³/mol. The third kappa shape index (κ3) is 2.17. The number of carbonyl (C=O) groups is 1. The van der Waals surface area contributed by atoms with E-state index >= 15 is 0 Å². The Morgan fingerprint density at radius 3 is 2.50 bits per heavy atom. The van der Waals surface area contributed by atoms with E-state index in [0.717, 1.165) is 18.2 Å². The van der Waals surface area contributed by atoms with Crippen LogP contribution in [-0.4, -0.2) is 5.43 Å². The molecule has 0 spiro atoms. The summed E-state index contributed by atoms with van der Waals surface area (Å²) in [5, 5.41) is 0. The van der Waals surface area contributed by atoms with Gasteiger partial charge in [0.1, 0.15) is 5.75 Å². The van der Waals surface area contributed by atoms with E-state index in [1.54, 1.807) is 0 Å². The molecular formula is C7H3ClF2O2. The lowest BCUT2D eigenvalue weighted by atomic mass is 10.3. The van der Waals surface area contributed by atoms with Gasteiger partial charge < -0.3 is 4.74 Å².